The van der Waals surface area contributed by atoms with Crippen LogP contribution in [0, 0.1) is 0 Å². The maximum atomic E-state index is 13.7. The van der Waals surface area contributed by atoms with Crippen molar-refractivity contribution in [1.29, 1.82) is 0 Å². The van der Waals surface area contributed by atoms with E-state index in [1.54, 1.807) is 0 Å². The molecular weight excluding hydrogens is 294 g/mol. The van der Waals surface area contributed by atoms with E-state index in [0.717, 1.165) is 4.90 Å². The van der Waals surface area contributed by atoms with Crippen LogP contribution in [0.2, 0.25) is 5.15 Å². The van der Waals surface area contributed by atoms with Crippen LogP contribution < -0.4 is 5.32 Å². The first-order chi connectivity index (χ1) is 9.31. The standard InChI is InChI=1S/C11H11ClF2N4O2/c1-6(19)18-4-7(11(13,14)5-18)17-10(20)8-9(12)16-3-2-15-8/h2-3,7H,4-5H2,1H3,(H,17,20). The van der Waals surface area contributed by atoms with E-state index in [-0.39, 0.29) is 17.4 Å². The van der Waals surface area contributed by atoms with Gasteiger partial charge in [0.05, 0.1) is 6.54 Å². The molecule has 0 radical (unpaired) electrons. The van der Waals surface area contributed by atoms with E-state index in [4.69, 9.17) is 11.6 Å². The molecule has 1 aromatic heterocycles. The second-order valence-electron chi connectivity index (χ2n) is 4.38. The minimum atomic E-state index is -3.20. The quantitative estimate of drug-likeness (QED) is 0.874. The SMILES string of the molecule is CC(=O)N1CC(NC(=O)c2nccnc2Cl)C(F)(F)C1. The highest BCUT2D eigenvalue weighted by Gasteiger charge is 2.49. The summed E-state index contributed by atoms with van der Waals surface area (Å²) in [5.74, 6) is -4.52. The van der Waals surface area contributed by atoms with Gasteiger partial charge in [-0.05, 0) is 0 Å². The van der Waals surface area contributed by atoms with Gasteiger partial charge >= 0.3 is 0 Å². The Hall–Kier alpha value is -1.83. The molecule has 6 nitrogen and oxygen atoms in total. The van der Waals surface area contributed by atoms with Crippen LogP contribution in [-0.4, -0.2) is 51.7 Å². The molecule has 1 atom stereocenters. The Labute approximate surface area is 118 Å². The van der Waals surface area contributed by atoms with Gasteiger partial charge in [-0.15, -0.1) is 0 Å². The zero-order valence-corrected chi connectivity index (χ0v) is 11.2. The summed E-state index contributed by atoms with van der Waals surface area (Å²) < 4.78 is 27.4. The summed E-state index contributed by atoms with van der Waals surface area (Å²) in [6.07, 6.45) is 2.51. The van der Waals surface area contributed by atoms with Gasteiger partial charge in [-0.3, -0.25) is 9.59 Å². The van der Waals surface area contributed by atoms with Gasteiger partial charge in [0.15, 0.2) is 10.8 Å². The summed E-state index contributed by atoms with van der Waals surface area (Å²) in [5.41, 5.74) is -0.230. The molecule has 1 N–H and O–H groups in total. The van der Waals surface area contributed by atoms with Crippen LogP contribution in [0.4, 0.5) is 8.78 Å². The van der Waals surface area contributed by atoms with Crippen LogP contribution in [-0.2, 0) is 4.79 Å². The van der Waals surface area contributed by atoms with Crippen molar-refractivity contribution in [2.24, 2.45) is 0 Å². The molecule has 0 aromatic carbocycles. The number of carbonyl (C=O) groups excluding carboxylic acids is 2. The van der Waals surface area contributed by atoms with Gasteiger partial charge in [0.1, 0.15) is 6.04 Å². The minimum absolute atomic E-state index is 0.172. The second-order valence-corrected chi connectivity index (χ2v) is 4.74. The number of hydrogen-bond acceptors (Lipinski definition) is 4. The van der Waals surface area contributed by atoms with Crippen LogP contribution in [0.15, 0.2) is 12.4 Å². The van der Waals surface area contributed by atoms with E-state index in [2.05, 4.69) is 15.3 Å². The van der Waals surface area contributed by atoms with Crippen molar-refractivity contribution in [1.82, 2.24) is 20.2 Å². The van der Waals surface area contributed by atoms with Gasteiger partial charge in [-0.1, -0.05) is 11.6 Å². The third-order valence-electron chi connectivity index (χ3n) is 2.93. The molecule has 2 amide bonds. The zero-order valence-electron chi connectivity index (χ0n) is 10.4. The Bertz CT molecular complexity index is 555. The number of aromatic nitrogens is 2. The first-order valence-corrected chi connectivity index (χ1v) is 6.10. The number of alkyl halides is 2. The van der Waals surface area contributed by atoms with Crippen LogP contribution >= 0.6 is 11.6 Å². The summed E-state index contributed by atoms with van der Waals surface area (Å²) >= 11 is 5.67. The third-order valence-corrected chi connectivity index (χ3v) is 3.21. The van der Waals surface area contributed by atoms with Crippen molar-refractivity contribution >= 4 is 23.4 Å². The number of nitrogens with one attached hydrogen (secondary N) is 1. The highest BCUT2D eigenvalue weighted by atomic mass is 35.5. The number of amides is 2. The smallest absolute Gasteiger partial charge is 0.286 e. The van der Waals surface area contributed by atoms with Gasteiger partial charge in [-0.25, -0.2) is 18.7 Å². The van der Waals surface area contributed by atoms with Crippen LogP contribution in [0.5, 0.6) is 0 Å². The number of likely N-dealkylation sites (tertiary alicyclic amines) is 1. The molecule has 1 aliphatic rings. The van der Waals surface area contributed by atoms with Crippen molar-refractivity contribution in [2.75, 3.05) is 13.1 Å². The maximum Gasteiger partial charge on any atom is 0.286 e. The highest BCUT2D eigenvalue weighted by molar-refractivity contribution is 6.32. The number of rotatable bonds is 2. The van der Waals surface area contributed by atoms with E-state index in [1.165, 1.54) is 19.3 Å². The molecule has 1 saturated heterocycles. The number of nitrogens with zero attached hydrogens (tertiary/aromatic N) is 3. The first-order valence-electron chi connectivity index (χ1n) is 5.72. The largest absolute Gasteiger partial charge is 0.340 e. The Morgan fingerprint density at radius 2 is 2.10 bits per heavy atom. The molecule has 0 spiro atoms. The number of hydrogen-bond donors (Lipinski definition) is 1. The molecule has 0 aliphatic carbocycles. The van der Waals surface area contributed by atoms with Crippen molar-refractivity contribution in [3.63, 3.8) is 0 Å². The summed E-state index contributed by atoms with van der Waals surface area (Å²) in [4.78, 5) is 31.3. The molecule has 0 saturated carbocycles. The van der Waals surface area contributed by atoms with Gasteiger partial charge in [-0.2, -0.15) is 0 Å². The molecule has 9 heteroatoms. The lowest BCUT2D eigenvalue weighted by Gasteiger charge is -2.18. The van der Waals surface area contributed by atoms with Gasteiger partial charge in [0.2, 0.25) is 5.91 Å². The normalized spacial score (nSPS) is 20.8. The van der Waals surface area contributed by atoms with E-state index < -0.39 is 30.3 Å². The molecule has 2 rings (SSSR count). The molecule has 1 unspecified atom stereocenters. The van der Waals surface area contributed by atoms with E-state index in [9.17, 15) is 18.4 Å². The zero-order chi connectivity index (χ0) is 14.9. The number of halogens is 3. The third kappa shape index (κ3) is 2.84. The fraction of sp³-hybridized carbons (Fsp3) is 0.455. The molecule has 20 heavy (non-hydrogen) atoms. The van der Waals surface area contributed by atoms with E-state index >= 15 is 0 Å². The lowest BCUT2D eigenvalue weighted by atomic mass is 10.2. The lowest BCUT2D eigenvalue weighted by Crippen LogP contribution is -2.47. The number of carbonyl (C=O) groups is 2. The molecular formula is C11H11ClF2N4O2. The molecule has 0 bridgehead atoms. The molecule has 2 heterocycles. The summed E-state index contributed by atoms with van der Waals surface area (Å²) in [6.45, 7) is 0.216. The highest BCUT2D eigenvalue weighted by Crippen LogP contribution is 2.28. The summed E-state index contributed by atoms with van der Waals surface area (Å²) in [7, 11) is 0. The van der Waals surface area contributed by atoms with Crippen molar-refractivity contribution in [3.05, 3.63) is 23.2 Å². The molecule has 108 valence electrons. The Morgan fingerprint density at radius 3 is 2.65 bits per heavy atom. The van der Waals surface area contributed by atoms with Crippen LogP contribution in [0.3, 0.4) is 0 Å². The van der Waals surface area contributed by atoms with E-state index in [0.29, 0.717) is 0 Å². The predicted molar refractivity (Wildman–Crippen MR) is 65.5 cm³/mol. The first kappa shape index (κ1) is 14.6. The van der Waals surface area contributed by atoms with E-state index in [1.807, 2.05) is 0 Å². The molecule has 1 aliphatic heterocycles. The lowest BCUT2D eigenvalue weighted by molar-refractivity contribution is -0.129. The summed E-state index contributed by atoms with van der Waals surface area (Å²) in [6, 6.07) is -1.48. The van der Waals surface area contributed by atoms with Crippen molar-refractivity contribution < 1.29 is 18.4 Å². The van der Waals surface area contributed by atoms with Crippen LogP contribution in [0.1, 0.15) is 17.4 Å². The van der Waals surface area contributed by atoms with Gasteiger partial charge in [0, 0.05) is 25.9 Å². The second kappa shape index (κ2) is 5.28. The Kier molecular flexibility index (Phi) is 3.85. The van der Waals surface area contributed by atoms with Crippen molar-refractivity contribution in [3.8, 4) is 0 Å². The average Bonchev–Trinajstić information content (AvgIpc) is 2.65. The fourth-order valence-electron chi connectivity index (χ4n) is 1.87. The minimum Gasteiger partial charge on any atom is -0.340 e. The average molecular weight is 305 g/mol. The predicted octanol–water partition coefficient (Wildman–Crippen LogP) is 0.726. The Balaban J connectivity index is 2.12. The van der Waals surface area contributed by atoms with Gasteiger partial charge < -0.3 is 10.2 Å². The molecule has 1 fully saturated rings. The van der Waals surface area contributed by atoms with Crippen molar-refractivity contribution in [2.45, 2.75) is 18.9 Å². The van der Waals surface area contributed by atoms with Crippen LogP contribution in [0.25, 0.3) is 0 Å². The monoisotopic (exact) mass is 304 g/mol. The topological polar surface area (TPSA) is 75.2 Å². The maximum absolute atomic E-state index is 13.7. The Morgan fingerprint density at radius 1 is 1.45 bits per heavy atom. The fourth-order valence-corrected chi connectivity index (χ4v) is 2.07. The van der Waals surface area contributed by atoms with Gasteiger partial charge in [0.25, 0.3) is 11.8 Å². The molecule has 1 aromatic rings. The summed E-state index contributed by atoms with van der Waals surface area (Å²) in [5, 5.41) is 1.97.